The molecule has 1 aromatic heterocycles. The van der Waals surface area contributed by atoms with Crippen molar-refractivity contribution in [2.24, 2.45) is 4.99 Å². The van der Waals surface area contributed by atoms with Gasteiger partial charge in [0.25, 0.3) is 0 Å². The van der Waals surface area contributed by atoms with E-state index in [1.807, 2.05) is 11.8 Å². The lowest BCUT2D eigenvalue weighted by Crippen LogP contribution is -2.39. The van der Waals surface area contributed by atoms with E-state index in [1.54, 1.807) is 11.3 Å². The Bertz CT molecular complexity index is 691. The maximum atomic E-state index is 4.76. The van der Waals surface area contributed by atoms with Crippen LogP contribution in [0.3, 0.4) is 0 Å². The number of anilines is 1. The third-order valence-corrected chi connectivity index (χ3v) is 6.41. The zero-order valence-electron chi connectivity index (χ0n) is 16.3. The van der Waals surface area contributed by atoms with E-state index in [-0.39, 0.29) is 0 Å². The fourth-order valence-corrected chi connectivity index (χ4v) is 4.75. The van der Waals surface area contributed by atoms with Crippen LogP contribution in [0, 0.1) is 0 Å². The van der Waals surface area contributed by atoms with E-state index < -0.39 is 0 Å². The second-order valence-corrected chi connectivity index (χ2v) is 8.80. The highest BCUT2D eigenvalue weighted by molar-refractivity contribution is 7.99. The lowest BCUT2D eigenvalue weighted by molar-refractivity contribution is 0.701. The maximum absolute atomic E-state index is 4.76. The van der Waals surface area contributed by atoms with Crippen LogP contribution >= 0.6 is 23.1 Å². The fourth-order valence-electron chi connectivity index (χ4n) is 3.07. The molecule has 1 saturated heterocycles. The van der Waals surface area contributed by atoms with E-state index in [9.17, 15) is 0 Å². The first kappa shape index (κ1) is 20.1. The molecule has 2 aromatic rings. The summed E-state index contributed by atoms with van der Waals surface area (Å²) in [7, 11) is 0. The lowest BCUT2D eigenvalue weighted by Gasteiger charge is -2.28. The van der Waals surface area contributed by atoms with Crippen molar-refractivity contribution in [2.45, 2.75) is 26.3 Å². The second kappa shape index (κ2) is 10.6. The topological polar surface area (TPSA) is 39.7 Å². The molecule has 1 aromatic carbocycles. The smallest absolute Gasteiger partial charge is 0.191 e. The molecule has 2 heterocycles. The SMILES string of the molecule is CCNC(=NCc1ccc(N2CCSCC2)cc1)NCC(C)c1ccsc1. The van der Waals surface area contributed by atoms with Crippen molar-refractivity contribution in [3.05, 3.63) is 52.2 Å². The van der Waals surface area contributed by atoms with Crippen molar-refractivity contribution in [2.75, 3.05) is 42.6 Å². The van der Waals surface area contributed by atoms with Crippen LogP contribution in [0.1, 0.15) is 30.9 Å². The van der Waals surface area contributed by atoms with Crippen LogP contribution in [-0.2, 0) is 6.54 Å². The van der Waals surface area contributed by atoms with E-state index in [2.05, 4.69) is 70.5 Å². The van der Waals surface area contributed by atoms with Gasteiger partial charge in [-0.3, -0.25) is 0 Å². The van der Waals surface area contributed by atoms with E-state index >= 15 is 0 Å². The highest BCUT2D eigenvalue weighted by atomic mass is 32.2. The van der Waals surface area contributed by atoms with Crippen molar-refractivity contribution in [3.8, 4) is 0 Å². The van der Waals surface area contributed by atoms with Crippen LogP contribution < -0.4 is 15.5 Å². The molecule has 0 spiro atoms. The summed E-state index contributed by atoms with van der Waals surface area (Å²) in [5, 5.41) is 11.2. The summed E-state index contributed by atoms with van der Waals surface area (Å²) in [6, 6.07) is 11.1. The number of aliphatic imine (C=N–C) groups is 1. The summed E-state index contributed by atoms with van der Waals surface area (Å²) in [6.07, 6.45) is 0. The van der Waals surface area contributed by atoms with Gasteiger partial charge in [-0.2, -0.15) is 23.1 Å². The monoisotopic (exact) mass is 402 g/mol. The van der Waals surface area contributed by atoms with Gasteiger partial charge < -0.3 is 15.5 Å². The predicted molar refractivity (Wildman–Crippen MR) is 122 cm³/mol. The number of nitrogens with zero attached hydrogens (tertiary/aromatic N) is 2. The zero-order chi connectivity index (χ0) is 18.9. The van der Waals surface area contributed by atoms with Gasteiger partial charge in [-0.1, -0.05) is 19.1 Å². The molecule has 4 nitrogen and oxygen atoms in total. The van der Waals surface area contributed by atoms with E-state index in [0.29, 0.717) is 12.5 Å². The summed E-state index contributed by atoms with van der Waals surface area (Å²) in [5.74, 6) is 3.82. The first-order valence-corrected chi connectivity index (χ1v) is 11.8. The molecule has 1 unspecified atom stereocenters. The first-order chi connectivity index (χ1) is 13.3. The van der Waals surface area contributed by atoms with Gasteiger partial charge in [0, 0.05) is 43.4 Å². The van der Waals surface area contributed by atoms with Gasteiger partial charge in [-0.05, 0) is 52.9 Å². The van der Waals surface area contributed by atoms with Crippen LogP contribution in [0.2, 0.25) is 0 Å². The molecule has 0 bridgehead atoms. The number of thiophene rings is 1. The Kier molecular flexibility index (Phi) is 7.90. The Labute approximate surface area is 171 Å². The van der Waals surface area contributed by atoms with Gasteiger partial charge in [0.1, 0.15) is 0 Å². The summed E-state index contributed by atoms with van der Waals surface area (Å²) in [4.78, 5) is 7.23. The molecule has 1 fully saturated rings. The van der Waals surface area contributed by atoms with Gasteiger partial charge in [0.2, 0.25) is 0 Å². The molecule has 1 aliphatic rings. The number of thioether (sulfide) groups is 1. The highest BCUT2D eigenvalue weighted by Gasteiger charge is 2.11. The Hall–Kier alpha value is -1.66. The van der Waals surface area contributed by atoms with E-state index in [0.717, 1.165) is 32.1 Å². The number of guanidine groups is 1. The molecule has 2 N–H and O–H groups in total. The number of benzene rings is 1. The van der Waals surface area contributed by atoms with Crippen LogP contribution in [0.5, 0.6) is 0 Å². The Morgan fingerprint density at radius 3 is 2.59 bits per heavy atom. The number of hydrogen-bond donors (Lipinski definition) is 2. The fraction of sp³-hybridized carbons (Fsp3) is 0.476. The first-order valence-electron chi connectivity index (χ1n) is 9.72. The lowest BCUT2D eigenvalue weighted by atomic mass is 10.1. The van der Waals surface area contributed by atoms with Crippen LogP contribution in [0.4, 0.5) is 5.69 Å². The normalized spacial score (nSPS) is 16.2. The quantitative estimate of drug-likeness (QED) is 0.539. The number of rotatable bonds is 7. The molecule has 0 amide bonds. The number of hydrogen-bond acceptors (Lipinski definition) is 4. The molecular formula is C21H30N4S2. The van der Waals surface area contributed by atoms with Crippen molar-refractivity contribution in [3.63, 3.8) is 0 Å². The highest BCUT2D eigenvalue weighted by Crippen LogP contribution is 2.20. The van der Waals surface area contributed by atoms with Crippen molar-refractivity contribution in [1.29, 1.82) is 0 Å². The zero-order valence-corrected chi connectivity index (χ0v) is 17.9. The minimum atomic E-state index is 0.474. The second-order valence-electron chi connectivity index (χ2n) is 6.80. The standard InChI is InChI=1S/C21H30N4S2/c1-3-22-21(23-14-17(2)19-8-11-27-16-19)24-15-18-4-6-20(7-5-18)25-9-12-26-13-10-25/h4-8,11,16-17H,3,9-10,12-15H2,1-2H3,(H2,22,23,24). The van der Waals surface area contributed by atoms with Crippen LogP contribution in [0.15, 0.2) is 46.1 Å². The average Bonchev–Trinajstić information content (AvgIpc) is 3.26. The van der Waals surface area contributed by atoms with Crippen molar-refractivity contribution in [1.82, 2.24) is 10.6 Å². The van der Waals surface area contributed by atoms with Crippen LogP contribution in [0.25, 0.3) is 0 Å². The van der Waals surface area contributed by atoms with Crippen LogP contribution in [-0.4, -0.2) is 43.6 Å². The Balaban J connectivity index is 1.54. The van der Waals surface area contributed by atoms with Gasteiger partial charge in [0.05, 0.1) is 6.54 Å². The van der Waals surface area contributed by atoms with Crippen molar-refractivity contribution < 1.29 is 0 Å². The Morgan fingerprint density at radius 1 is 1.15 bits per heavy atom. The molecule has 1 atom stereocenters. The summed E-state index contributed by atoms with van der Waals surface area (Å²) in [5.41, 5.74) is 3.96. The minimum Gasteiger partial charge on any atom is -0.370 e. The van der Waals surface area contributed by atoms with Gasteiger partial charge >= 0.3 is 0 Å². The molecular weight excluding hydrogens is 372 g/mol. The van der Waals surface area contributed by atoms with Gasteiger partial charge in [-0.15, -0.1) is 0 Å². The largest absolute Gasteiger partial charge is 0.370 e. The summed E-state index contributed by atoms with van der Waals surface area (Å²) >= 11 is 3.80. The molecule has 27 heavy (non-hydrogen) atoms. The molecule has 146 valence electrons. The average molecular weight is 403 g/mol. The van der Waals surface area contributed by atoms with Gasteiger partial charge in [-0.25, -0.2) is 4.99 Å². The third kappa shape index (κ3) is 6.18. The third-order valence-electron chi connectivity index (χ3n) is 4.76. The molecule has 0 radical (unpaired) electrons. The molecule has 0 aliphatic carbocycles. The molecule has 1 aliphatic heterocycles. The molecule has 3 rings (SSSR count). The predicted octanol–water partition coefficient (Wildman–Crippen LogP) is 4.16. The summed E-state index contributed by atoms with van der Waals surface area (Å²) in [6.45, 7) is 9.09. The van der Waals surface area contributed by atoms with E-state index in [4.69, 9.17) is 4.99 Å². The molecule has 0 saturated carbocycles. The Morgan fingerprint density at radius 2 is 1.93 bits per heavy atom. The maximum Gasteiger partial charge on any atom is 0.191 e. The van der Waals surface area contributed by atoms with E-state index in [1.165, 1.54) is 28.3 Å². The van der Waals surface area contributed by atoms with Crippen molar-refractivity contribution >= 4 is 34.7 Å². The number of nitrogens with one attached hydrogen (secondary N) is 2. The summed E-state index contributed by atoms with van der Waals surface area (Å²) < 4.78 is 0. The van der Waals surface area contributed by atoms with Gasteiger partial charge in [0.15, 0.2) is 5.96 Å². The molecule has 6 heteroatoms. The minimum absolute atomic E-state index is 0.474.